The minimum absolute atomic E-state index is 0. The minimum Gasteiger partial charge on any atom is -0.326 e. The summed E-state index contributed by atoms with van der Waals surface area (Å²) in [5, 5.41) is 3.01. The number of anilines is 1. The SMILES string of the molecule is Cc1ccccc1NC(=O)CCN1CC(C)CC(C)C1.Cl. The Morgan fingerprint density at radius 3 is 2.48 bits per heavy atom. The van der Waals surface area contributed by atoms with Crippen molar-refractivity contribution in [3.63, 3.8) is 0 Å². The van der Waals surface area contributed by atoms with Crippen LogP contribution >= 0.6 is 12.4 Å². The lowest BCUT2D eigenvalue weighted by molar-refractivity contribution is -0.116. The third-order valence-corrected chi connectivity index (χ3v) is 4.02. The van der Waals surface area contributed by atoms with Crippen LogP contribution in [0.2, 0.25) is 0 Å². The van der Waals surface area contributed by atoms with Gasteiger partial charge >= 0.3 is 0 Å². The molecular weight excluding hydrogens is 284 g/mol. The molecule has 21 heavy (non-hydrogen) atoms. The number of carbonyl (C=O) groups is 1. The lowest BCUT2D eigenvalue weighted by atomic mass is 9.92. The van der Waals surface area contributed by atoms with Crippen molar-refractivity contribution in [1.29, 1.82) is 0 Å². The molecule has 0 saturated carbocycles. The van der Waals surface area contributed by atoms with Gasteiger partial charge in [0.2, 0.25) is 5.91 Å². The predicted molar refractivity (Wildman–Crippen MR) is 91.1 cm³/mol. The fourth-order valence-electron chi connectivity index (χ4n) is 3.16. The Hall–Kier alpha value is -1.06. The van der Waals surface area contributed by atoms with Gasteiger partial charge in [-0.3, -0.25) is 4.79 Å². The first-order chi connectivity index (χ1) is 9.54. The maximum Gasteiger partial charge on any atom is 0.225 e. The van der Waals surface area contributed by atoms with Crippen LogP contribution in [0, 0.1) is 18.8 Å². The number of hydrogen-bond acceptors (Lipinski definition) is 2. The van der Waals surface area contributed by atoms with Gasteiger partial charge in [0.15, 0.2) is 0 Å². The highest BCUT2D eigenvalue weighted by Gasteiger charge is 2.21. The summed E-state index contributed by atoms with van der Waals surface area (Å²) in [6.45, 7) is 9.74. The standard InChI is InChI=1S/C17H26N2O.ClH/c1-13-10-14(2)12-19(11-13)9-8-17(20)18-16-7-5-4-6-15(16)3;/h4-7,13-14H,8-12H2,1-3H3,(H,18,20);1H. The molecule has 3 nitrogen and oxygen atoms in total. The number of nitrogens with zero attached hydrogens (tertiary/aromatic N) is 1. The van der Waals surface area contributed by atoms with Gasteiger partial charge in [-0.25, -0.2) is 0 Å². The van der Waals surface area contributed by atoms with Gasteiger partial charge in [-0.2, -0.15) is 0 Å². The Bertz CT molecular complexity index is 454. The number of rotatable bonds is 4. The predicted octanol–water partition coefficient (Wildman–Crippen LogP) is 3.72. The highest BCUT2D eigenvalue weighted by Crippen LogP contribution is 2.21. The summed E-state index contributed by atoms with van der Waals surface area (Å²) in [5.41, 5.74) is 2.04. The van der Waals surface area contributed by atoms with E-state index in [1.165, 1.54) is 6.42 Å². The molecule has 1 fully saturated rings. The Morgan fingerprint density at radius 1 is 1.24 bits per heavy atom. The van der Waals surface area contributed by atoms with Crippen molar-refractivity contribution in [3.05, 3.63) is 29.8 Å². The average Bonchev–Trinajstić information content (AvgIpc) is 2.38. The first kappa shape index (κ1) is 18.0. The number of nitrogens with one attached hydrogen (secondary N) is 1. The molecule has 4 heteroatoms. The molecule has 0 aliphatic carbocycles. The number of amides is 1. The van der Waals surface area contributed by atoms with Gasteiger partial charge in [-0.05, 0) is 36.8 Å². The van der Waals surface area contributed by atoms with Crippen molar-refractivity contribution in [2.24, 2.45) is 11.8 Å². The van der Waals surface area contributed by atoms with Crippen LogP contribution in [0.3, 0.4) is 0 Å². The quantitative estimate of drug-likeness (QED) is 0.919. The van der Waals surface area contributed by atoms with Crippen LogP contribution < -0.4 is 5.32 Å². The molecule has 1 amide bonds. The van der Waals surface area contributed by atoms with E-state index in [4.69, 9.17) is 0 Å². The minimum atomic E-state index is 0. The van der Waals surface area contributed by atoms with Gasteiger partial charge in [-0.1, -0.05) is 32.0 Å². The molecule has 2 unspecified atom stereocenters. The van der Waals surface area contributed by atoms with E-state index in [0.717, 1.165) is 42.7 Å². The van der Waals surface area contributed by atoms with Crippen LogP contribution in [-0.4, -0.2) is 30.4 Å². The van der Waals surface area contributed by atoms with E-state index in [1.54, 1.807) is 0 Å². The highest BCUT2D eigenvalue weighted by atomic mass is 35.5. The summed E-state index contributed by atoms with van der Waals surface area (Å²) in [6.07, 6.45) is 1.89. The summed E-state index contributed by atoms with van der Waals surface area (Å²) in [6, 6.07) is 7.92. The molecule has 1 heterocycles. The van der Waals surface area contributed by atoms with Crippen molar-refractivity contribution >= 4 is 24.0 Å². The van der Waals surface area contributed by atoms with Gasteiger partial charge in [0.25, 0.3) is 0 Å². The number of benzene rings is 1. The molecule has 1 aliphatic rings. The lowest BCUT2D eigenvalue weighted by Gasteiger charge is -2.34. The molecule has 0 radical (unpaired) electrons. The van der Waals surface area contributed by atoms with Crippen LogP contribution in [0.1, 0.15) is 32.3 Å². The zero-order valence-electron chi connectivity index (χ0n) is 13.3. The van der Waals surface area contributed by atoms with Crippen molar-refractivity contribution in [1.82, 2.24) is 4.90 Å². The molecule has 0 spiro atoms. The third kappa shape index (κ3) is 5.68. The Labute approximate surface area is 134 Å². The number of carbonyl (C=O) groups excluding carboxylic acids is 1. The van der Waals surface area contributed by atoms with Crippen molar-refractivity contribution in [2.75, 3.05) is 25.0 Å². The second-order valence-electron chi connectivity index (χ2n) is 6.32. The van der Waals surface area contributed by atoms with E-state index in [9.17, 15) is 4.79 Å². The summed E-state index contributed by atoms with van der Waals surface area (Å²) in [7, 11) is 0. The second-order valence-corrected chi connectivity index (χ2v) is 6.32. The molecule has 1 aliphatic heterocycles. The fraction of sp³-hybridized carbons (Fsp3) is 0.588. The van der Waals surface area contributed by atoms with Gasteiger partial charge in [0, 0.05) is 31.7 Å². The van der Waals surface area contributed by atoms with Gasteiger partial charge in [0.1, 0.15) is 0 Å². The molecule has 2 atom stereocenters. The molecule has 0 bridgehead atoms. The molecule has 1 saturated heterocycles. The van der Waals surface area contributed by atoms with E-state index in [1.807, 2.05) is 31.2 Å². The number of halogens is 1. The maximum atomic E-state index is 12.0. The molecule has 118 valence electrons. The molecule has 1 aromatic rings. The lowest BCUT2D eigenvalue weighted by Crippen LogP contribution is -2.40. The summed E-state index contributed by atoms with van der Waals surface area (Å²) in [4.78, 5) is 14.5. The highest BCUT2D eigenvalue weighted by molar-refractivity contribution is 5.91. The van der Waals surface area contributed by atoms with Crippen molar-refractivity contribution in [2.45, 2.75) is 33.6 Å². The molecule has 0 aromatic heterocycles. The van der Waals surface area contributed by atoms with Crippen molar-refractivity contribution in [3.8, 4) is 0 Å². The first-order valence-corrected chi connectivity index (χ1v) is 7.62. The topological polar surface area (TPSA) is 32.3 Å². The Kier molecular flexibility index (Phi) is 7.20. The van der Waals surface area contributed by atoms with Gasteiger partial charge < -0.3 is 10.2 Å². The molecule has 1 N–H and O–H groups in total. The summed E-state index contributed by atoms with van der Waals surface area (Å²) < 4.78 is 0. The van der Waals surface area contributed by atoms with Crippen LogP contribution in [-0.2, 0) is 4.79 Å². The second kappa shape index (κ2) is 8.40. The Balaban J connectivity index is 0.00000220. The average molecular weight is 311 g/mol. The van der Waals surface area contributed by atoms with Crippen LogP contribution in [0.5, 0.6) is 0 Å². The van der Waals surface area contributed by atoms with Crippen LogP contribution in [0.25, 0.3) is 0 Å². The van der Waals surface area contributed by atoms with E-state index in [2.05, 4.69) is 24.1 Å². The maximum absolute atomic E-state index is 12.0. The summed E-state index contributed by atoms with van der Waals surface area (Å²) >= 11 is 0. The molecule has 1 aromatic carbocycles. The fourth-order valence-corrected chi connectivity index (χ4v) is 3.16. The number of aryl methyl sites for hydroxylation is 1. The summed E-state index contributed by atoms with van der Waals surface area (Å²) in [5.74, 6) is 1.61. The zero-order valence-corrected chi connectivity index (χ0v) is 14.1. The molecule has 2 rings (SSSR count). The number of likely N-dealkylation sites (tertiary alicyclic amines) is 1. The smallest absolute Gasteiger partial charge is 0.225 e. The van der Waals surface area contributed by atoms with Crippen LogP contribution in [0.15, 0.2) is 24.3 Å². The van der Waals surface area contributed by atoms with E-state index in [0.29, 0.717) is 6.42 Å². The van der Waals surface area contributed by atoms with E-state index >= 15 is 0 Å². The zero-order chi connectivity index (χ0) is 14.5. The normalized spacial score (nSPS) is 22.4. The van der Waals surface area contributed by atoms with Gasteiger partial charge in [-0.15, -0.1) is 12.4 Å². The molecular formula is C17H27ClN2O. The van der Waals surface area contributed by atoms with Gasteiger partial charge in [0.05, 0.1) is 0 Å². The number of hydrogen-bond donors (Lipinski definition) is 1. The van der Waals surface area contributed by atoms with E-state index < -0.39 is 0 Å². The number of para-hydroxylation sites is 1. The largest absolute Gasteiger partial charge is 0.326 e. The number of piperidine rings is 1. The first-order valence-electron chi connectivity index (χ1n) is 7.62. The monoisotopic (exact) mass is 310 g/mol. The van der Waals surface area contributed by atoms with Crippen molar-refractivity contribution < 1.29 is 4.79 Å². The third-order valence-electron chi connectivity index (χ3n) is 4.02. The Morgan fingerprint density at radius 2 is 1.86 bits per heavy atom. The van der Waals surface area contributed by atoms with E-state index in [-0.39, 0.29) is 18.3 Å². The van der Waals surface area contributed by atoms with Crippen LogP contribution in [0.4, 0.5) is 5.69 Å².